The van der Waals surface area contributed by atoms with Crippen molar-refractivity contribution in [3.63, 3.8) is 0 Å². The van der Waals surface area contributed by atoms with Crippen molar-refractivity contribution in [2.24, 2.45) is 5.41 Å². The highest BCUT2D eigenvalue weighted by atomic mass is 16.1. The van der Waals surface area contributed by atoms with E-state index in [9.17, 15) is 4.79 Å². The zero-order valence-corrected chi connectivity index (χ0v) is 13.4. The maximum atomic E-state index is 12.5. The molecule has 0 bridgehead atoms. The highest BCUT2D eigenvalue weighted by Gasteiger charge is 2.32. The molecule has 0 atom stereocenters. The standard InChI is InChI=1S/C17H27N3O/c1-4-17(9-5-6-10-17)12-19-16(21)14-11-13(18)7-8-15(14)20(2)3/h7-8,11H,4-6,9-10,12,18H2,1-3H3,(H,19,21). The smallest absolute Gasteiger partial charge is 0.253 e. The maximum absolute atomic E-state index is 12.5. The van der Waals surface area contributed by atoms with Crippen molar-refractivity contribution in [3.8, 4) is 0 Å². The highest BCUT2D eigenvalue weighted by molar-refractivity contribution is 6.00. The summed E-state index contributed by atoms with van der Waals surface area (Å²) in [5.74, 6) is -0.0225. The molecule has 1 amide bonds. The molecule has 1 fully saturated rings. The molecular weight excluding hydrogens is 262 g/mol. The lowest BCUT2D eigenvalue weighted by Gasteiger charge is -2.28. The number of carbonyl (C=O) groups excluding carboxylic acids is 1. The van der Waals surface area contributed by atoms with Gasteiger partial charge in [0, 0.05) is 32.0 Å². The van der Waals surface area contributed by atoms with Crippen LogP contribution in [0.1, 0.15) is 49.4 Å². The van der Waals surface area contributed by atoms with Crippen LogP contribution in [0, 0.1) is 5.41 Å². The van der Waals surface area contributed by atoms with E-state index in [4.69, 9.17) is 5.73 Å². The molecule has 1 saturated carbocycles. The Balaban J connectivity index is 2.11. The van der Waals surface area contributed by atoms with Gasteiger partial charge in [0.15, 0.2) is 0 Å². The summed E-state index contributed by atoms with van der Waals surface area (Å²) in [5, 5.41) is 3.13. The Morgan fingerprint density at radius 3 is 2.57 bits per heavy atom. The SMILES string of the molecule is CCC1(CNC(=O)c2cc(N)ccc2N(C)C)CCCC1. The molecule has 1 aliphatic rings. The molecule has 4 nitrogen and oxygen atoms in total. The van der Waals surface area contributed by atoms with E-state index in [0.717, 1.165) is 18.7 Å². The second-order valence-electron chi connectivity index (χ2n) is 6.41. The first kappa shape index (κ1) is 15.7. The first-order valence-corrected chi connectivity index (χ1v) is 7.82. The predicted octanol–water partition coefficient (Wildman–Crippen LogP) is 3.04. The van der Waals surface area contributed by atoms with Gasteiger partial charge >= 0.3 is 0 Å². The molecule has 0 radical (unpaired) electrons. The molecule has 1 aromatic carbocycles. The molecule has 0 saturated heterocycles. The lowest BCUT2D eigenvalue weighted by Crippen LogP contribution is -2.36. The van der Waals surface area contributed by atoms with Gasteiger partial charge in [-0.05, 0) is 42.9 Å². The number of anilines is 2. The molecule has 0 unspecified atom stereocenters. The van der Waals surface area contributed by atoms with E-state index in [2.05, 4.69) is 12.2 Å². The second-order valence-corrected chi connectivity index (χ2v) is 6.41. The van der Waals surface area contributed by atoms with Crippen LogP contribution in [-0.4, -0.2) is 26.5 Å². The number of rotatable bonds is 5. The number of nitrogens with one attached hydrogen (secondary N) is 1. The van der Waals surface area contributed by atoms with E-state index >= 15 is 0 Å². The summed E-state index contributed by atoms with van der Waals surface area (Å²) >= 11 is 0. The van der Waals surface area contributed by atoms with Gasteiger partial charge in [0.25, 0.3) is 5.91 Å². The van der Waals surface area contributed by atoms with E-state index < -0.39 is 0 Å². The monoisotopic (exact) mass is 289 g/mol. The average molecular weight is 289 g/mol. The third-order valence-electron chi connectivity index (χ3n) is 4.79. The van der Waals surface area contributed by atoms with Crippen LogP contribution < -0.4 is 16.0 Å². The van der Waals surface area contributed by atoms with Gasteiger partial charge in [-0.3, -0.25) is 4.79 Å². The van der Waals surface area contributed by atoms with Gasteiger partial charge in [-0.15, -0.1) is 0 Å². The molecule has 1 aliphatic carbocycles. The second kappa shape index (κ2) is 6.37. The molecule has 116 valence electrons. The van der Waals surface area contributed by atoms with Crippen molar-refractivity contribution < 1.29 is 4.79 Å². The number of amides is 1. The summed E-state index contributed by atoms with van der Waals surface area (Å²) in [7, 11) is 3.87. The fraction of sp³-hybridized carbons (Fsp3) is 0.588. The summed E-state index contributed by atoms with van der Waals surface area (Å²) in [5.41, 5.74) is 8.32. The molecule has 0 aliphatic heterocycles. The highest BCUT2D eigenvalue weighted by Crippen LogP contribution is 2.40. The normalized spacial score (nSPS) is 16.7. The molecule has 4 heteroatoms. The zero-order valence-electron chi connectivity index (χ0n) is 13.4. The van der Waals surface area contributed by atoms with Crippen molar-refractivity contribution >= 4 is 17.3 Å². The minimum atomic E-state index is -0.0225. The molecule has 0 heterocycles. The first-order chi connectivity index (χ1) is 9.97. The number of nitrogens with zero attached hydrogens (tertiary/aromatic N) is 1. The van der Waals surface area contributed by atoms with Gasteiger partial charge in [0.1, 0.15) is 0 Å². The lowest BCUT2D eigenvalue weighted by molar-refractivity contribution is 0.0929. The van der Waals surface area contributed by atoms with Gasteiger partial charge < -0.3 is 16.0 Å². The van der Waals surface area contributed by atoms with E-state index in [1.165, 1.54) is 25.7 Å². The maximum Gasteiger partial charge on any atom is 0.253 e. The number of nitrogens with two attached hydrogens (primary N) is 1. The van der Waals surface area contributed by atoms with Gasteiger partial charge in [-0.25, -0.2) is 0 Å². The Kier molecular flexibility index (Phi) is 4.76. The molecule has 0 spiro atoms. The van der Waals surface area contributed by atoms with Crippen molar-refractivity contribution in [3.05, 3.63) is 23.8 Å². The minimum Gasteiger partial charge on any atom is -0.399 e. The number of hydrogen-bond acceptors (Lipinski definition) is 3. The average Bonchev–Trinajstić information content (AvgIpc) is 2.94. The fourth-order valence-corrected chi connectivity index (χ4v) is 3.27. The third kappa shape index (κ3) is 3.49. The minimum absolute atomic E-state index is 0.0225. The van der Waals surface area contributed by atoms with Crippen LogP contribution in [-0.2, 0) is 0 Å². The Morgan fingerprint density at radius 1 is 1.33 bits per heavy atom. The van der Waals surface area contributed by atoms with Crippen LogP contribution in [0.15, 0.2) is 18.2 Å². The van der Waals surface area contributed by atoms with Crippen molar-refractivity contribution in [1.82, 2.24) is 5.32 Å². The molecule has 2 rings (SSSR count). The predicted molar refractivity (Wildman–Crippen MR) is 88.7 cm³/mol. The van der Waals surface area contributed by atoms with Crippen molar-refractivity contribution in [2.75, 3.05) is 31.3 Å². The summed E-state index contributed by atoms with van der Waals surface area (Å²) < 4.78 is 0. The fourth-order valence-electron chi connectivity index (χ4n) is 3.27. The summed E-state index contributed by atoms with van der Waals surface area (Å²) in [6.45, 7) is 2.99. The molecule has 21 heavy (non-hydrogen) atoms. The molecule has 0 aromatic heterocycles. The number of nitrogen functional groups attached to an aromatic ring is 1. The van der Waals surface area contributed by atoms with Gasteiger partial charge in [0.05, 0.1) is 5.56 Å². The van der Waals surface area contributed by atoms with Gasteiger partial charge in [0.2, 0.25) is 0 Å². The van der Waals surface area contributed by atoms with E-state index in [1.807, 2.05) is 31.1 Å². The van der Waals surface area contributed by atoms with E-state index in [0.29, 0.717) is 16.7 Å². The number of benzene rings is 1. The summed E-state index contributed by atoms with van der Waals surface area (Å²) in [4.78, 5) is 14.5. The van der Waals surface area contributed by atoms with Crippen LogP contribution in [0.3, 0.4) is 0 Å². The Morgan fingerprint density at radius 2 is 2.00 bits per heavy atom. The van der Waals surface area contributed by atoms with Crippen LogP contribution >= 0.6 is 0 Å². The van der Waals surface area contributed by atoms with Crippen molar-refractivity contribution in [1.29, 1.82) is 0 Å². The van der Waals surface area contributed by atoms with E-state index in [1.54, 1.807) is 6.07 Å². The lowest BCUT2D eigenvalue weighted by atomic mass is 9.83. The Bertz CT molecular complexity index is 505. The zero-order chi connectivity index (χ0) is 15.5. The van der Waals surface area contributed by atoms with Gasteiger partial charge in [-0.1, -0.05) is 19.8 Å². The quantitative estimate of drug-likeness (QED) is 0.819. The number of carbonyl (C=O) groups is 1. The van der Waals surface area contributed by atoms with Gasteiger partial charge in [-0.2, -0.15) is 0 Å². The Hall–Kier alpha value is -1.71. The topological polar surface area (TPSA) is 58.4 Å². The molecular formula is C17H27N3O. The summed E-state index contributed by atoms with van der Waals surface area (Å²) in [6.07, 6.45) is 6.14. The van der Waals surface area contributed by atoms with Crippen LogP contribution in [0.4, 0.5) is 11.4 Å². The third-order valence-corrected chi connectivity index (χ3v) is 4.79. The van der Waals surface area contributed by atoms with Crippen LogP contribution in [0.5, 0.6) is 0 Å². The Labute approximate surface area is 127 Å². The van der Waals surface area contributed by atoms with Crippen LogP contribution in [0.25, 0.3) is 0 Å². The van der Waals surface area contributed by atoms with Crippen LogP contribution in [0.2, 0.25) is 0 Å². The number of hydrogen-bond donors (Lipinski definition) is 2. The van der Waals surface area contributed by atoms with Crippen molar-refractivity contribution in [2.45, 2.75) is 39.0 Å². The summed E-state index contributed by atoms with van der Waals surface area (Å²) in [6, 6.07) is 5.49. The first-order valence-electron chi connectivity index (χ1n) is 7.82. The molecule has 3 N–H and O–H groups in total. The largest absolute Gasteiger partial charge is 0.399 e. The van der Waals surface area contributed by atoms with E-state index in [-0.39, 0.29) is 5.91 Å². The molecule has 1 aromatic rings.